The smallest absolute Gasteiger partial charge is 0.428 e. The zero-order valence-electron chi connectivity index (χ0n) is 21.4. The van der Waals surface area contributed by atoms with Crippen LogP contribution >= 0.6 is 24.1 Å². The van der Waals surface area contributed by atoms with E-state index < -0.39 is 23.3 Å². The Bertz CT molecular complexity index is 1260. The van der Waals surface area contributed by atoms with Crippen molar-refractivity contribution in [2.75, 3.05) is 13.7 Å². The normalized spacial score (nSPS) is 19.5. The summed E-state index contributed by atoms with van der Waals surface area (Å²) in [6.45, 7) is 6.94. The number of thioether (sulfide) groups is 1. The number of ether oxygens (including phenoxy) is 2. The lowest BCUT2D eigenvalue weighted by molar-refractivity contribution is 0.0474. The summed E-state index contributed by atoms with van der Waals surface area (Å²) in [5.41, 5.74) is -0.0327. The second kappa shape index (κ2) is 12.6. The van der Waals surface area contributed by atoms with E-state index in [4.69, 9.17) is 15.9 Å². The first-order valence-electron chi connectivity index (χ1n) is 11.5. The fourth-order valence-electron chi connectivity index (χ4n) is 3.58. The quantitative estimate of drug-likeness (QED) is 0.161. The molecule has 0 aliphatic heterocycles. The number of rotatable bonds is 7. The second-order valence-corrected chi connectivity index (χ2v) is 11.0. The van der Waals surface area contributed by atoms with E-state index in [1.807, 2.05) is 6.92 Å². The van der Waals surface area contributed by atoms with Crippen LogP contribution in [0.4, 0.5) is 17.5 Å². The molecule has 3 unspecified atom stereocenters. The number of amidine groups is 1. The van der Waals surface area contributed by atoms with Gasteiger partial charge in [-0.3, -0.25) is 4.99 Å². The fourth-order valence-corrected chi connectivity index (χ4v) is 5.38. The van der Waals surface area contributed by atoms with Gasteiger partial charge in [0.15, 0.2) is 29.9 Å². The Hall–Kier alpha value is -3.17. The van der Waals surface area contributed by atoms with Crippen LogP contribution in [-0.4, -0.2) is 50.0 Å². The van der Waals surface area contributed by atoms with E-state index in [9.17, 15) is 17.5 Å². The summed E-state index contributed by atoms with van der Waals surface area (Å²) in [5.74, 6) is 1.08. The topological polar surface area (TPSA) is 76.9 Å². The molecule has 1 aromatic carbocycles. The highest BCUT2D eigenvalue weighted by Crippen LogP contribution is 2.56. The average Bonchev–Trinajstić information content (AvgIpc) is 3.50. The molecule has 1 heterocycles. The maximum absolute atomic E-state index is 14.8. The Morgan fingerprint density at radius 2 is 2.05 bits per heavy atom. The summed E-state index contributed by atoms with van der Waals surface area (Å²) in [4.78, 5) is 24.4. The van der Waals surface area contributed by atoms with Crippen molar-refractivity contribution in [2.24, 2.45) is 10.9 Å². The molecule has 38 heavy (non-hydrogen) atoms. The van der Waals surface area contributed by atoms with E-state index in [1.54, 1.807) is 26.8 Å². The van der Waals surface area contributed by atoms with Crippen LogP contribution in [0, 0.1) is 24.1 Å². The van der Waals surface area contributed by atoms with Gasteiger partial charge in [0, 0.05) is 18.2 Å². The molecule has 0 saturated heterocycles. The number of benzene rings is 1. The lowest BCUT2D eigenvalue weighted by Crippen LogP contribution is -2.35. The summed E-state index contributed by atoms with van der Waals surface area (Å²) >= 11 is 0.847. The highest BCUT2D eigenvalue weighted by Gasteiger charge is 2.51. The number of hydrogen-bond donors (Lipinski definition) is 0. The molecule has 1 amide bonds. The predicted molar refractivity (Wildman–Crippen MR) is 145 cm³/mol. The van der Waals surface area contributed by atoms with Gasteiger partial charge >= 0.3 is 6.09 Å². The molecule has 0 N–H and O–H groups in total. The molecule has 3 rings (SSSR count). The van der Waals surface area contributed by atoms with Crippen molar-refractivity contribution in [1.82, 2.24) is 14.3 Å². The van der Waals surface area contributed by atoms with E-state index >= 15 is 0 Å². The Morgan fingerprint density at radius 3 is 2.63 bits per heavy atom. The largest absolute Gasteiger partial charge is 0.463 e. The summed E-state index contributed by atoms with van der Waals surface area (Å²) < 4.78 is 54.4. The molecule has 1 saturated carbocycles. The highest BCUT2D eigenvalue weighted by molar-refractivity contribution is 8.15. The van der Waals surface area contributed by atoms with E-state index in [0.29, 0.717) is 11.1 Å². The number of halogens is 3. The number of carbonyl (C=O) groups is 1. The molecule has 0 radical (unpaired) electrons. The first-order chi connectivity index (χ1) is 18.0. The summed E-state index contributed by atoms with van der Waals surface area (Å²) in [7, 11) is 1.43. The molecule has 1 fully saturated rings. The van der Waals surface area contributed by atoms with Crippen LogP contribution in [-0.2, 0) is 4.74 Å². The third kappa shape index (κ3) is 7.45. The van der Waals surface area contributed by atoms with Gasteiger partial charge in [-0.1, -0.05) is 30.7 Å². The first kappa shape index (κ1) is 29.4. The fraction of sp³-hybridized carbons (Fsp3) is 0.385. The van der Waals surface area contributed by atoms with E-state index in [0.717, 1.165) is 16.1 Å². The van der Waals surface area contributed by atoms with Crippen LogP contribution in [0.2, 0.25) is 0 Å². The van der Waals surface area contributed by atoms with Gasteiger partial charge in [-0.25, -0.2) is 23.5 Å². The Balaban J connectivity index is 1.76. The van der Waals surface area contributed by atoms with Crippen LogP contribution in [0.25, 0.3) is 11.9 Å². The van der Waals surface area contributed by atoms with E-state index in [-0.39, 0.29) is 52.8 Å². The van der Waals surface area contributed by atoms with E-state index in [1.165, 1.54) is 37.7 Å². The number of amides is 1. The lowest BCUT2D eigenvalue weighted by Gasteiger charge is -2.24. The molecule has 0 bridgehead atoms. The SMILES string of the molecule is C#CCOc1cnc(/C(F)=C/c2ccc(F)c(C3C(C)C3SC(=NC)N(SF)C(=O)OC(C)(C)C)c2)cn1. The van der Waals surface area contributed by atoms with Crippen molar-refractivity contribution in [3.8, 4) is 18.2 Å². The zero-order valence-corrected chi connectivity index (χ0v) is 23.1. The van der Waals surface area contributed by atoms with Gasteiger partial charge in [0.2, 0.25) is 5.88 Å². The van der Waals surface area contributed by atoms with Gasteiger partial charge in [-0.05, 0) is 56.0 Å². The van der Waals surface area contributed by atoms with Crippen molar-refractivity contribution >= 4 is 47.3 Å². The number of hydrogen-bond acceptors (Lipinski definition) is 8. The Labute approximate surface area is 228 Å². The number of carbonyl (C=O) groups excluding carboxylic acids is 1. The minimum absolute atomic E-state index is 0.0122. The van der Waals surface area contributed by atoms with Crippen molar-refractivity contribution in [3.05, 3.63) is 53.2 Å². The summed E-state index contributed by atoms with van der Waals surface area (Å²) in [6.07, 6.45) is 7.93. The summed E-state index contributed by atoms with van der Waals surface area (Å²) in [6, 6.07) is 4.28. The molecule has 7 nitrogen and oxygen atoms in total. The maximum atomic E-state index is 14.8. The molecular weight excluding hydrogens is 537 g/mol. The third-order valence-electron chi connectivity index (χ3n) is 5.38. The molecular formula is C26H27F3N4O3S2. The Kier molecular flexibility index (Phi) is 9.73. The molecule has 1 aliphatic carbocycles. The van der Waals surface area contributed by atoms with Crippen LogP contribution < -0.4 is 4.74 Å². The second-order valence-electron chi connectivity index (χ2n) is 9.32. The van der Waals surface area contributed by atoms with Gasteiger partial charge in [-0.2, -0.15) is 4.31 Å². The van der Waals surface area contributed by atoms with Gasteiger partial charge in [-0.15, -0.1) is 10.3 Å². The monoisotopic (exact) mass is 564 g/mol. The number of nitrogens with zero attached hydrogens (tertiary/aromatic N) is 4. The predicted octanol–water partition coefficient (Wildman–Crippen LogP) is 6.69. The molecule has 3 atom stereocenters. The standard InChI is InChI=1S/C26H27F3N4O3S2/c1-7-10-35-21-14-31-20(13-32-21)19(28)12-16-8-9-18(27)17(11-16)22-15(2)23(22)37-24(30-6)33(38-29)25(34)36-26(3,4)5/h1,8-9,11-15,22-23H,10H2,2-6H3/b19-12-,30-24?. The van der Waals surface area contributed by atoms with E-state index in [2.05, 4.69) is 20.9 Å². The van der Waals surface area contributed by atoms with Gasteiger partial charge in [0.25, 0.3) is 0 Å². The average molecular weight is 565 g/mol. The van der Waals surface area contributed by atoms with Gasteiger partial charge in [0.1, 0.15) is 17.1 Å². The van der Waals surface area contributed by atoms with Crippen molar-refractivity contribution in [3.63, 3.8) is 0 Å². The molecule has 2 aromatic rings. The van der Waals surface area contributed by atoms with Crippen molar-refractivity contribution in [1.29, 1.82) is 0 Å². The van der Waals surface area contributed by atoms with Crippen molar-refractivity contribution < 1.29 is 26.9 Å². The van der Waals surface area contributed by atoms with Crippen molar-refractivity contribution in [2.45, 2.75) is 44.5 Å². The minimum Gasteiger partial charge on any atom is -0.463 e. The Morgan fingerprint density at radius 1 is 1.32 bits per heavy atom. The zero-order chi connectivity index (χ0) is 28.0. The van der Waals surface area contributed by atoms with Gasteiger partial charge in [0.05, 0.1) is 12.4 Å². The van der Waals surface area contributed by atoms with Crippen LogP contribution in [0.5, 0.6) is 5.88 Å². The highest BCUT2D eigenvalue weighted by atomic mass is 32.2. The molecule has 1 aromatic heterocycles. The number of aliphatic imine (C=N–C) groups is 1. The van der Waals surface area contributed by atoms with Crippen LogP contribution in [0.15, 0.2) is 35.6 Å². The number of aromatic nitrogens is 2. The molecule has 202 valence electrons. The van der Waals surface area contributed by atoms with Crippen LogP contribution in [0.1, 0.15) is 50.4 Å². The lowest BCUT2D eigenvalue weighted by atomic mass is 10.0. The first-order valence-corrected chi connectivity index (χ1v) is 13.0. The summed E-state index contributed by atoms with van der Waals surface area (Å²) in [5, 5.41) is -0.0902. The molecule has 12 heteroatoms. The van der Waals surface area contributed by atoms with Gasteiger partial charge < -0.3 is 9.47 Å². The molecule has 1 aliphatic rings. The third-order valence-corrected chi connectivity index (χ3v) is 7.53. The maximum Gasteiger partial charge on any atom is 0.428 e. The molecule has 0 spiro atoms. The minimum atomic E-state index is -0.893. The van der Waals surface area contributed by atoms with Crippen LogP contribution in [0.3, 0.4) is 0 Å². The number of terminal acetylenes is 1.